The molecule has 1 heterocycles. The summed E-state index contributed by atoms with van der Waals surface area (Å²) in [6.45, 7) is 0. The van der Waals surface area contributed by atoms with Gasteiger partial charge in [0, 0.05) is 16.2 Å². The number of halogens is 2. The Balaban J connectivity index is 2.08. The second kappa shape index (κ2) is 5.21. The van der Waals surface area contributed by atoms with Gasteiger partial charge in [0.15, 0.2) is 0 Å². The van der Waals surface area contributed by atoms with E-state index in [1.54, 1.807) is 24.4 Å². The molecule has 0 bridgehead atoms. The van der Waals surface area contributed by atoms with Gasteiger partial charge in [-0.15, -0.1) is 0 Å². The van der Waals surface area contributed by atoms with E-state index in [1.807, 2.05) is 0 Å². The van der Waals surface area contributed by atoms with E-state index in [9.17, 15) is 4.79 Å². The Hall–Kier alpha value is -1.52. The molecule has 2 aromatic rings. The average molecular weight is 270 g/mol. The molecule has 0 unspecified atom stereocenters. The summed E-state index contributed by atoms with van der Waals surface area (Å²) in [5.41, 5.74) is 1.23. The van der Waals surface area contributed by atoms with E-state index in [-0.39, 0.29) is 12.3 Å². The first-order chi connectivity index (χ1) is 8.16. The fourth-order valence-electron chi connectivity index (χ4n) is 1.39. The lowest BCUT2D eigenvalue weighted by Gasteiger charge is -2.06. The van der Waals surface area contributed by atoms with Gasteiger partial charge in [-0.05, 0) is 17.7 Å². The fraction of sp³-hybridized carbons (Fsp3) is 0.0909. The minimum atomic E-state index is -0.193. The molecule has 88 valence electrons. The summed E-state index contributed by atoms with van der Waals surface area (Å²) >= 11 is 11.9. The third-order valence-electron chi connectivity index (χ3n) is 2.18. The molecular weight excluding hydrogens is 261 g/mol. The maximum atomic E-state index is 11.7. The minimum absolute atomic E-state index is 0.129. The lowest BCUT2D eigenvalue weighted by molar-refractivity contribution is -0.115. The zero-order valence-corrected chi connectivity index (χ0v) is 10.2. The average Bonchev–Trinajstić information content (AvgIpc) is 2.76. The summed E-state index contributed by atoms with van der Waals surface area (Å²) in [6, 6.07) is 5.14. The number of benzene rings is 1. The summed E-state index contributed by atoms with van der Waals surface area (Å²) < 4.78 is 0. The number of amides is 1. The van der Waals surface area contributed by atoms with Crippen LogP contribution in [0.4, 0.5) is 5.69 Å². The highest BCUT2D eigenvalue weighted by Crippen LogP contribution is 2.24. The van der Waals surface area contributed by atoms with Crippen molar-refractivity contribution in [1.82, 2.24) is 10.2 Å². The number of aromatic amines is 1. The molecule has 0 saturated carbocycles. The third kappa shape index (κ3) is 2.99. The van der Waals surface area contributed by atoms with Crippen molar-refractivity contribution < 1.29 is 4.79 Å². The van der Waals surface area contributed by atoms with Crippen LogP contribution in [0.1, 0.15) is 5.56 Å². The molecule has 1 amide bonds. The van der Waals surface area contributed by atoms with E-state index < -0.39 is 0 Å². The largest absolute Gasteiger partial charge is 0.323 e. The van der Waals surface area contributed by atoms with Crippen molar-refractivity contribution in [3.05, 3.63) is 46.2 Å². The highest BCUT2D eigenvalue weighted by Gasteiger charge is 2.11. The van der Waals surface area contributed by atoms with Crippen molar-refractivity contribution in [1.29, 1.82) is 0 Å². The molecule has 0 radical (unpaired) electrons. The van der Waals surface area contributed by atoms with Gasteiger partial charge in [-0.3, -0.25) is 9.89 Å². The summed E-state index contributed by atoms with van der Waals surface area (Å²) in [7, 11) is 0. The van der Waals surface area contributed by atoms with Crippen molar-refractivity contribution in [3.8, 4) is 0 Å². The van der Waals surface area contributed by atoms with Gasteiger partial charge in [-0.2, -0.15) is 5.10 Å². The van der Waals surface area contributed by atoms with Crippen LogP contribution in [0.3, 0.4) is 0 Å². The number of nitrogens with zero attached hydrogens (tertiary/aromatic N) is 1. The number of rotatable bonds is 3. The highest BCUT2D eigenvalue weighted by atomic mass is 35.5. The van der Waals surface area contributed by atoms with Crippen LogP contribution in [0, 0.1) is 0 Å². The molecule has 6 heteroatoms. The lowest BCUT2D eigenvalue weighted by Crippen LogP contribution is -2.14. The van der Waals surface area contributed by atoms with E-state index in [1.165, 1.54) is 6.20 Å². The van der Waals surface area contributed by atoms with Gasteiger partial charge >= 0.3 is 0 Å². The van der Waals surface area contributed by atoms with Crippen molar-refractivity contribution in [2.75, 3.05) is 5.32 Å². The molecule has 0 aliphatic rings. The molecule has 1 aromatic heterocycles. The van der Waals surface area contributed by atoms with Crippen molar-refractivity contribution in [2.45, 2.75) is 6.42 Å². The number of carbonyl (C=O) groups excluding carboxylic acids is 1. The quantitative estimate of drug-likeness (QED) is 0.900. The zero-order valence-electron chi connectivity index (χ0n) is 8.71. The van der Waals surface area contributed by atoms with E-state index in [0.29, 0.717) is 21.3 Å². The zero-order chi connectivity index (χ0) is 12.3. The molecule has 0 spiro atoms. The molecule has 0 aliphatic carbocycles. The molecule has 0 fully saturated rings. The second-order valence-electron chi connectivity index (χ2n) is 3.41. The first-order valence-electron chi connectivity index (χ1n) is 4.88. The van der Waals surface area contributed by atoms with E-state index in [0.717, 1.165) is 0 Å². The lowest BCUT2D eigenvalue weighted by atomic mass is 10.1. The number of anilines is 1. The van der Waals surface area contributed by atoms with Crippen LogP contribution in [0.2, 0.25) is 10.0 Å². The monoisotopic (exact) mass is 269 g/mol. The third-order valence-corrected chi connectivity index (χ3v) is 2.89. The van der Waals surface area contributed by atoms with Crippen LogP contribution in [-0.4, -0.2) is 16.1 Å². The molecule has 0 atom stereocenters. The Morgan fingerprint density at radius 3 is 2.65 bits per heavy atom. The van der Waals surface area contributed by atoms with E-state index in [2.05, 4.69) is 15.5 Å². The van der Waals surface area contributed by atoms with Gasteiger partial charge in [-0.1, -0.05) is 29.3 Å². The standard InChI is InChI=1S/C11H9Cl2N3O/c12-9-2-1-3-10(13)8(9)4-11(17)16-7-5-14-15-6-7/h1-3,5-6H,4H2,(H,14,15)(H,16,17). The number of hydrogen-bond donors (Lipinski definition) is 2. The van der Waals surface area contributed by atoms with Gasteiger partial charge < -0.3 is 5.32 Å². The number of carbonyl (C=O) groups is 1. The van der Waals surface area contributed by atoms with Crippen molar-refractivity contribution in [3.63, 3.8) is 0 Å². The molecular formula is C11H9Cl2N3O. The Morgan fingerprint density at radius 2 is 2.06 bits per heavy atom. The molecule has 1 aromatic carbocycles. The Labute approximate surface area is 108 Å². The normalized spacial score (nSPS) is 10.2. The maximum Gasteiger partial charge on any atom is 0.228 e. The van der Waals surface area contributed by atoms with Gasteiger partial charge in [0.1, 0.15) is 0 Å². The van der Waals surface area contributed by atoms with Crippen LogP contribution in [-0.2, 0) is 11.2 Å². The Kier molecular flexibility index (Phi) is 3.66. The Bertz CT molecular complexity index is 505. The highest BCUT2D eigenvalue weighted by molar-refractivity contribution is 6.36. The minimum Gasteiger partial charge on any atom is -0.323 e. The first-order valence-corrected chi connectivity index (χ1v) is 5.64. The van der Waals surface area contributed by atoms with E-state index in [4.69, 9.17) is 23.2 Å². The van der Waals surface area contributed by atoms with Gasteiger partial charge in [0.05, 0.1) is 18.3 Å². The molecule has 17 heavy (non-hydrogen) atoms. The molecule has 2 rings (SSSR count). The predicted octanol–water partition coefficient (Wildman–Crippen LogP) is 2.90. The molecule has 0 saturated heterocycles. The van der Waals surface area contributed by atoms with Crippen molar-refractivity contribution >= 4 is 34.8 Å². The van der Waals surface area contributed by atoms with Crippen LogP contribution in [0.15, 0.2) is 30.6 Å². The Morgan fingerprint density at radius 1 is 1.35 bits per heavy atom. The van der Waals surface area contributed by atoms with Crippen LogP contribution in [0.25, 0.3) is 0 Å². The maximum absolute atomic E-state index is 11.7. The summed E-state index contributed by atoms with van der Waals surface area (Å²) in [6.07, 6.45) is 3.24. The SMILES string of the molecule is O=C(Cc1c(Cl)cccc1Cl)Nc1cn[nH]c1. The summed E-state index contributed by atoms with van der Waals surface area (Å²) in [4.78, 5) is 11.7. The second-order valence-corrected chi connectivity index (χ2v) is 4.23. The first kappa shape index (κ1) is 12.0. The van der Waals surface area contributed by atoms with Crippen LogP contribution < -0.4 is 5.32 Å². The predicted molar refractivity (Wildman–Crippen MR) is 67.4 cm³/mol. The van der Waals surface area contributed by atoms with E-state index >= 15 is 0 Å². The van der Waals surface area contributed by atoms with Gasteiger partial charge in [0.2, 0.25) is 5.91 Å². The van der Waals surface area contributed by atoms with Gasteiger partial charge in [0.25, 0.3) is 0 Å². The van der Waals surface area contributed by atoms with Crippen molar-refractivity contribution in [2.24, 2.45) is 0 Å². The number of aromatic nitrogens is 2. The number of hydrogen-bond acceptors (Lipinski definition) is 2. The fourth-order valence-corrected chi connectivity index (χ4v) is 1.92. The number of H-pyrrole nitrogens is 1. The number of nitrogens with one attached hydrogen (secondary N) is 2. The molecule has 4 nitrogen and oxygen atoms in total. The van der Waals surface area contributed by atoms with Gasteiger partial charge in [-0.25, -0.2) is 0 Å². The topological polar surface area (TPSA) is 57.8 Å². The van der Waals surface area contributed by atoms with Crippen LogP contribution in [0.5, 0.6) is 0 Å². The van der Waals surface area contributed by atoms with Crippen LogP contribution >= 0.6 is 23.2 Å². The smallest absolute Gasteiger partial charge is 0.228 e. The summed E-state index contributed by atoms with van der Waals surface area (Å²) in [5.74, 6) is -0.193. The molecule has 2 N–H and O–H groups in total. The summed E-state index contributed by atoms with van der Waals surface area (Å²) in [5, 5.41) is 9.98. The molecule has 0 aliphatic heterocycles.